The molecular weight excluding hydrogens is 232 g/mol. The van der Waals surface area contributed by atoms with Gasteiger partial charge >= 0.3 is 5.97 Å². The SMILES string of the molecule is CC1(C(=O)O)CCN(C(=O)CC2CCNC2)CC1. The van der Waals surface area contributed by atoms with Crippen LogP contribution in [0.4, 0.5) is 0 Å². The fourth-order valence-corrected chi connectivity index (χ4v) is 2.73. The van der Waals surface area contributed by atoms with Gasteiger partial charge in [0.05, 0.1) is 5.41 Å². The van der Waals surface area contributed by atoms with E-state index in [4.69, 9.17) is 5.11 Å². The molecule has 0 aromatic rings. The molecule has 1 atom stereocenters. The van der Waals surface area contributed by atoms with Crippen LogP contribution in [0.25, 0.3) is 0 Å². The Labute approximate surface area is 108 Å². The highest BCUT2D eigenvalue weighted by molar-refractivity contribution is 5.78. The molecule has 0 saturated carbocycles. The summed E-state index contributed by atoms with van der Waals surface area (Å²) in [5, 5.41) is 12.4. The first-order valence-corrected chi connectivity index (χ1v) is 6.73. The molecular formula is C13H22N2O3. The molecule has 0 aromatic heterocycles. The third kappa shape index (κ3) is 2.83. The summed E-state index contributed by atoms with van der Waals surface area (Å²) >= 11 is 0. The minimum Gasteiger partial charge on any atom is -0.481 e. The van der Waals surface area contributed by atoms with Crippen LogP contribution in [0.5, 0.6) is 0 Å². The number of hydrogen-bond donors (Lipinski definition) is 2. The molecule has 0 aromatic carbocycles. The predicted molar refractivity (Wildman–Crippen MR) is 67.2 cm³/mol. The van der Waals surface area contributed by atoms with E-state index in [1.54, 1.807) is 6.92 Å². The minimum atomic E-state index is -0.741. The molecule has 2 rings (SSSR count). The lowest BCUT2D eigenvalue weighted by Crippen LogP contribution is -2.45. The molecule has 0 aliphatic carbocycles. The van der Waals surface area contributed by atoms with Crippen LogP contribution < -0.4 is 5.32 Å². The van der Waals surface area contributed by atoms with Crippen LogP contribution in [0.3, 0.4) is 0 Å². The summed E-state index contributed by atoms with van der Waals surface area (Å²) in [4.78, 5) is 25.0. The number of nitrogens with one attached hydrogen (secondary N) is 1. The minimum absolute atomic E-state index is 0.191. The van der Waals surface area contributed by atoms with Crippen LogP contribution in [0.15, 0.2) is 0 Å². The average molecular weight is 254 g/mol. The number of carbonyl (C=O) groups excluding carboxylic acids is 1. The van der Waals surface area contributed by atoms with Gasteiger partial charge in [0.2, 0.25) is 5.91 Å². The smallest absolute Gasteiger partial charge is 0.309 e. The summed E-state index contributed by atoms with van der Waals surface area (Å²) in [5.74, 6) is -0.0870. The lowest BCUT2D eigenvalue weighted by molar-refractivity contribution is -0.153. The summed E-state index contributed by atoms with van der Waals surface area (Å²) in [6.45, 7) is 4.89. The molecule has 18 heavy (non-hydrogen) atoms. The van der Waals surface area contributed by atoms with Gasteiger partial charge in [-0.2, -0.15) is 0 Å². The van der Waals surface area contributed by atoms with E-state index in [1.807, 2.05) is 4.90 Å². The Balaban J connectivity index is 1.81. The number of aliphatic carboxylic acids is 1. The summed E-state index contributed by atoms with van der Waals surface area (Å²) in [7, 11) is 0. The number of piperidine rings is 1. The zero-order valence-corrected chi connectivity index (χ0v) is 10.9. The van der Waals surface area contributed by atoms with Gasteiger partial charge in [-0.3, -0.25) is 9.59 Å². The molecule has 2 heterocycles. The van der Waals surface area contributed by atoms with Gasteiger partial charge in [0.15, 0.2) is 0 Å². The second kappa shape index (κ2) is 5.26. The van der Waals surface area contributed by atoms with Crippen molar-refractivity contribution in [3.63, 3.8) is 0 Å². The van der Waals surface area contributed by atoms with Gasteiger partial charge in [0.25, 0.3) is 0 Å². The van der Waals surface area contributed by atoms with E-state index in [2.05, 4.69) is 5.32 Å². The number of carboxylic acids is 1. The number of rotatable bonds is 3. The standard InChI is InChI=1S/C13H22N2O3/c1-13(12(17)18)3-6-15(7-4-13)11(16)8-10-2-5-14-9-10/h10,14H,2-9H2,1H3,(H,17,18). The van der Waals surface area contributed by atoms with Crippen LogP contribution in [0.1, 0.15) is 32.6 Å². The second-order valence-corrected chi connectivity index (χ2v) is 5.81. The normalized spacial score (nSPS) is 27.2. The molecule has 1 amide bonds. The third-order valence-electron chi connectivity index (χ3n) is 4.36. The summed E-state index contributed by atoms with van der Waals surface area (Å²) in [5.41, 5.74) is -0.647. The average Bonchev–Trinajstić information content (AvgIpc) is 2.82. The Bertz CT molecular complexity index is 329. The lowest BCUT2D eigenvalue weighted by atomic mass is 9.80. The van der Waals surface area contributed by atoms with E-state index in [1.165, 1.54) is 0 Å². The molecule has 0 radical (unpaired) electrons. The summed E-state index contributed by atoms with van der Waals surface area (Å²) in [6, 6.07) is 0. The van der Waals surface area contributed by atoms with Gasteiger partial charge in [0, 0.05) is 19.5 Å². The van der Waals surface area contributed by atoms with E-state index in [0.717, 1.165) is 19.5 Å². The van der Waals surface area contributed by atoms with E-state index >= 15 is 0 Å². The van der Waals surface area contributed by atoms with Crippen LogP contribution >= 0.6 is 0 Å². The first-order chi connectivity index (χ1) is 8.51. The van der Waals surface area contributed by atoms with Gasteiger partial charge < -0.3 is 15.3 Å². The fourth-order valence-electron chi connectivity index (χ4n) is 2.73. The van der Waals surface area contributed by atoms with E-state index < -0.39 is 11.4 Å². The van der Waals surface area contributed by atoms with Gasteiger partial charge in [-0.15, -0.1) is 0 Å². The Kier molecular flexibility index (Phi) is 3.90. The molecule has 102 valence electrons. The van der Waals surface area contributed by atoms with Crippen molar-refractivity contribution in [3.05, 3.63) is 0 Å². The molecule has 5 nitrogen and oxygen atoms in total. The summed E-state index contributed by atoms with van der Waals surface area (Å²) < 4.78 is 0. The van der Waals surface area contributed by atoms with Crippen LogP contribution in [-0.2, 0) is 9.59 Å². The van der Waals surface area contributed by atoms with Gasteiger partial charge in [-0.1, -0.05) is 0 Å². The molecule has 2 N–H and O–H groups in total. The highest BCUT2D eigenvalue weighted by Crippen LogP contribution is 2.31. The van der Waals surface area contributed by atoms with Crippen molar-refractivity contribution in [2.24, 2.45) is 11.3 Å². The first-order valence-electron chi connectivity index (χ1n) is 6.73. The lowest BCUT2D eigenvalue weighted by Gasteiger charge is -2.36. The Hall–Kier alpha value is -1.10. The van der Waals surface area contributed by atoms with Gasteiger partial charge in [-0.25, -0.2) is 0 Å². The van der Waals surface area contributed by atoms with Gasteiger partial charge in [0.1, 0.15) is 0 Å². The van der Waals surface area contributed by atoms with Crippen molar-refractivity contribution >= 4 is 11.9 Å². The second-order valence-electron chi connectivity index (χ2n) is 5.81. The topological polar surface area (TPSA) is 69.6 Å². The van der Waals surface area contributed by atoms with E-state index in [-0.39, 0.29) is 5.91 Å². The van der Waals surface area contributed by atoms with Gasteiger partial charge in [-0.05, 0) is 45.2 Å². The zero-order valence-electron chi connectivity index (χ0n) is 10.9. The molecule has 0 spiro atoms. The molecule has 2 fully saturated rings. The highest BCUT2D eigenvalue weighted by Gasteiger charge is 2.38. The fraction of sp³-hybridized carbons (Fsp3) is 0.846. The summed E-state index contributed by atoms with van der Waals surface area (Å²) in [6.07, 6.45) is 2.82. The van der Waals surface area contributed by atoms with Crippen molar-refractivity contribution in [1.29, 1.82) is 0 Å². The Morgan fingerprint density at radius 3 is 2.56 bits per heavy atom. The Morgan fingerprint density at radius 1 is 1.39 bits per heavy atom. The predicted octanol–water partition coefficient (Wildman–Crippen LogP) is 0.699. The van der Waals surface area contributed by atoms with E-state index in [9.17, 15) is 9.59 Å². The number of amides is 1. The maximum Gasteiger partial charge on any atom is 0.309 e. The molecule has 1 unspecified atom stereocenters. The Morgan fingerprint density at radius 2 is 2.06 bits per heavy atom. The van der Waals surface area contributed by atoms with Crippen LogP contribution in [-0.4, -0.2) is 48.1 Å². The molecule has 5 heteroatoms. The largest absolute Gasteiger partial charge is 0.481 e. The molecule has 2 aliphatic heterocycles. The van der Waals surface area contributed by atoms with Crippen molar-refractivity contribution < 1.29 is 14.7 Å². The number of hydrogen-bond acceptors (Lipinski definition) is 3. The van der Waals surface area contributed by atoms with Crippen molar-refractivity contribution in [2.45, 2.75) is 32.6 Å². The van der Waals surface area contributed by atoms with Crippen LogP contribution in [0.2, 0.25) is 0 Å². The zero-order chi connectivity index (χ0) is 13.2. The molecule has 2 aliphatic rings. The van der Waals surface area contributed by atoms with Crippen molar-refractivity contribution in [2.75, 3.05) is 26.2 Å². The first kappa shape index (κ1) is 13.3. The number of nitrogens with zero attached hydrogens (tertiary/aromatic N) is 1. The van der Waals surface area contributed by atoms with Crippen LogP contribution in [0, 0.1) is 11.3 Å². The molecule has 2 saturated heterocycles. The number of carbonyl (C=O) groups is 2. The maximum absolute atomic E-state index is 12.1. The highest BCUT2D eigenvalue weighted by atomic mass is 16.4. The number of carboxylic acid groups (broad SMARTS) is 1. The third-order valence-corrected chi connectivity index (χ3v) is 4.36. The monoisotopic (exact) mass is 254 g/mol. The molecule has 0 bridgehead atoms. The van der Waals surface area contributed by atoms with E-state index in [0.29, 0.717) is 38.3 Å². The maximum atomic E-state index is 12.1. The number of likely N-dealkylation sites (tertiary alicyclic amines) is 1. The van der Waals surface area contributed by atoms with Crippen molar-refractivity contribution in [1.82, 2.24) is 10.2 Å². The van der Waals surface area contributed by atoms with Crippen molar-refractivity contribution in [3.8, 4) is 0 Å². The quantitative estimate of drug-likeness (QED) is 0.778.